The number of ether oxygens (including phenoxy) is 3. The standard InChI is InChI=1S/C57H104O6/c1-4-7-10-13-16-19-22-25-27-28-30-32-35-38-41-44-47-50-56(59)62-53-54(52-61-55(58)49-46-43-40-37-34-31-24-21-18-15-12-9-6-3)63-57(60)51-48-45-42-39-36-33-29-26-23-20-17-14-11-8-5-2/h12,15,21,24-25,27,54H,4-11,13-14,16-20,22-23,26,28-53H2,1-3H3/b15-12-,24-21-,27-25-. The molecule has 0 rings (SSSR count). The zero-order valence-electron chi connectivity index (χ0n) is 42.1. The SMILES string of the molecule is CCC/C=C\C/C=C\CCCCCCCC(=O)OCC(COC(=O)CCCCCCCCC/C=C\CCCCCCCC)OC(=O)CCCCCCCCCCCCCCCCC. The molecule has 0 bridgehead atoms. The average Bonchev–Trinajstić information content (AvgIpc) is 3.28. The Bertz CT molecular complexity index is 1060. The summed E-state index contributed by atoms with van der Waals surface area (Å²) in [7, 11) is 0. The second-order valence-electron chi connectivity index (χ2n) is 18.5. The molecule has 1 unspecified atom stereocenters. The van der Waals surface area contributed by atoms with Gasteiger partial charge in [-0.15, -0.1) is 0 Å². The lowest BCUT2D eigenvalue weighted by Gasteiger charge is -2.18. The van der Waals surface area contributed by atoms with Crippen molar-refractivity contribution in [1.82, 2.24) is 0 Å². The van der Waals surface area contributed by atoms with Crippen LogP contribution in [0, 0.1) is 0 Å². The molecule has 0 spiro atoms. The summed E-state index contributed by atoms with van der Waals surface area (Å²) >= 11 is 0. The van der Waals surface area contributed by atoms with E-state index in [9.17, 15) is 14.4 Å². The van der Waals surface area contributed by atoms with Crippen LogP contribution in [0.5, 0.6) is 0 Å². The molecule has 0 aromatic heterocycles. The molecule has 0 N–H and O–H groups in total. The molecular formula is C57H104O6. The number of carbonyl (C=O) groups is 3. The van der Waals surface area contributed by atoms with Gasteiger partial charge in [-0.1, -0.05) is 237 Å². The summed E-state index contributed by atoms with van der Waals surface area (Å²) in [5.74, 6) is -0.880. The Morgan fingerprint density at radius 3 is 0.952 bits per heavy atom. The summed E-state index contributed by atoms with van der Waals surface area (Å²) in [5.41, 5.74) is 0. The van der Waals surface area contributed by atoms with Crippen LogP contribution in [0.4, 0.5) is 0 Å². The van der Waals surface area contributed by atoms with Crippen molar-refractivity contribution in [2.75, 3.05) is 13.2 Å². The van der Waals surface area contributed by atoms with Crippen LogP contribution in [0.25, 0.3) is 0 Å². The summed E-state index contributed by atoms with van der Waals surface area (Å²) in [6.45, 7) is 6.59. The monoisotopic (exact) mass is 885 g/mol. The number of hydrogen-bond acceptors (Lipinski definition) is 6. The minimum Gasteiger partial charge on any atom is -0.462 e. The third kappa shape index (κ3) is 50.5. The number of esters is 3. The molecule has 0 saturated heterocycles. The number of carbonyl (C=O) groups excluding carboxylic acids is 3. The predicted octanol–water partition coefficient (Wildman–Crippen LogP) is 18.1. The van der Waals surface area contributed by atoms with E-state index in [2.05, 4.69) is 57.2 Å². The molecule has 0 fully saturated rings. The van der Waals surface area contributed by atoms with E-state index in [4.69, 9.17) is 14.2 Å². The van der Waals surface area contributed by atoms with E-state index in [1.165, 1.54) is 167 Å². The van der Waals surface area contributed by atoms with Gasteiger partial charge in [-0.25, -0.2) is 0 Å². The number of unbranched alkanes of at least 4 members (excludes halogenated alkanes) is 33. The first-order valence-electron chi connectivity index (χ1n) is 27.5. The molecule has 63 heavy (non-hydrogen) atoms. The normalized spacial score (nSPS) is 12.2. The van der Waals surface area contributed by atoms with Gasteiger partial charge in [0.25, 0.3) is 0 Å². The van der Waals surface area contributed by atoms with Gasteiger partial charge in [-0.05, 0) is 70.6 Å². The Morgan fingerprint density at radius 2 is 0.603 bits per heavy atom. The summed E-state index contributed by atoms with van der Waals surface area (Å²) in [6, 6.07) is 0. The zero-order chi connectivity index (χ0) is 45.8. The number of allylic oxidation sites excluding steroid dienone is 6. The summed E-state index contributed by atoms with van der Waals surface area (Å²) < 4.78 is 16.8. The van der Waals surface area contributed by atoms with Gasteiger partial charge in [0.1, 0.15) is 13.2 Å². The fourth-order valence-electron chi connectivity index (χ4n) is 7.95. The van der Waals surface area contributed by atoms with Crippen molar-refractivity contribution in [1.29, 1.82) is 0 Å². The third-order valence-electron chi connectivity index (χ3n) is 12.1. The molecule has 0 amide bonds. The van der Waals surface area contributed by atoms with Crippen molar-refractivity contribution in [2.45, 2.75) is 297 Å². The highest BCUT2D eigenvalue weighted by Crippen LogP contribution is 2.16. The highest BCUT2D eigenvalue weighted by molar-refractivity contribution is 5.71. The number of hydrogen-bond donors (Lipinski definition) is 0. The van der Waals surface area contributed by atoms with Crippen molar-refractivity contribution >= 4 is 17.9 Å². The summed E-state index contributed by atoms with van der Waals surface area (Å²) in [4.78, 5) is 38.0. The van der Waals surface area contributed by atoms with Crippen LogP contribution in [0.2, 0.25) is 0 Å². The van der Waals surface area contributed by atoms with Gasteiger partial charge in [0.15, 0.2) is 6.10 Å². The van der Waals surface area contributed by atoms with Crippen LogP contribution in [0.3, 0.4) is 0 Å². The molecule has 0 aliphatic rings. The Kier molecular flexibility index (Phi) is 50.3. The van der Waals surface area contributed by atoms with Gasteiger partial charge in [-0.2, -0.15) is 0 Å². The van der Waals surface area contributed by atoms with Gasteiger partial charge in [0.05, 0.1) is 0 Å². The molecule has 368 valence electrons. The highest BCUT2D eigenvalue weighted by Gasteiger charge is 2.19. The molecular weight excluding hydrogens is 781 g/mol. The van der Waals surface area contributed by atoms with E-state index in [1.54, 1.807) is 0 Å². The maximum atomic E-state index is 12.8. The zero-order valence-corrected chi connectivity index (χ0v) is 42.1. The first-order valence-corrected chi connectivity index (χ1v) is 27.5. The number of rotatable bonds is 50. The van der Waals surface area contributed by atoms with E-state index in [0.717, 1.165) is 83.5 Å². The van der Waals surface area contributed by atoms with Crippen molar-refractivity contribution in [2.24, 2.45) is 0 Å². The lowest BCUT2D eigenvalue weighted by molar-refractivity contribution is -0.167. The smallest absolute Gasteiger partial charge is 0.306 e. The second kappa shape index (κ2) is 52.3. The average molecular weight is 885 g/mol. The molecule has 6 nitrogen and oxygen atoms in total. The summed E-state index contributed by atoms with van der Waals surface area (Å²) in [5, 5.41) is 0. The van der Waals surface area contributed by atoms with E-state index in [-0.39, 0.29) is 31.1 Å². The Hall–Kier alpha value is -2.37. The first kappa shape index (κ1) is 60.6. The Labute approximate surface area is 391 Å². The van der Waals surface area contributed by atoms with Gasteiger partial charge in [0.2, 0.25) is 0 Å². The van der Waals surface area contributed by atoms with E-state index < -0.39 is 6.10 Å². The van der Waals surface area contributed by atoms with Crippen LogP contribution in [0.15, 0.2) is 36.5 Å². The first-order chi connectivity index (χ1) is 31.0. The molecule has 6 heteroatoms. The topological polar surface area (TPSA) is 78.9 Å². The van der Waals surface area contributed by atoms with Crippen molar-refractivity contribution < 1.29 is 28.6 Å². The Morgan fingerprint density at radius 1 is 0.317 bits per heavy atom. The fraction of sp³-hybridized carbons (Fsp3) is 0.842. The van der Waals surface area contributed by atoms with Crippen LogP contribution in [-0.4, -0.2) is 37.2 Å². The minimum atomic E-state index is -0.776. The highest BCUT2D eigenvalue weighted by atomic mass is 16.6. The van der Waals surface area contributed by atoms with Crippen molar-refractivity contribution in [3.63, 3.8) is 0 Å². The molecule has 0 radical (unpaired) electrons. The summed E-state index contributed by atoms with van der Waals surface area (Å²) in [6.07, 6.45) is 61.3. The van der Waals surface area contributed by atoms with Crippen LogP contribution >= 0.6 is 0 Å². The van der Waals surface area contributed by atoms with Gasteiger partial charge in [0, 0.05) is 19.3 Å². The van der Waals surface area contributed by atoms with Crippen LogP contribution < -0.4 is 0 Å². The molecule has 0 heterocycles. The van der Waals surface area contributed by atoms with E-state index in [0.29, 0.717) is 19.3 Å². The maximum absolute atomic E-state index is 12.8. The molecule has 0 saturated carbocycles. The molecule has 0 aromatic rings. The maximum Gasteiger partial charge on any atom is 0.306 e. The second-order valence-corrected chi connectivity index (χ2v) is 18.5. The van der Waals surface area contributed by atoms with Gasteiger partial charge in [-0.3, -0.25) is 14.4 Å². The largest absolute Gasteiger partial charge is 0.462 e. The lowest BCUT2D eigenvalue weighted by atomic mass is 10.0. The molecule has 0 aromatic carbocycles. The quantitative estimate of drug-likeness (QED) is 0.0262. The van der Waals surface area contributed by atoms with E-state index in [1.807, 2.05) is 0 Å². The lowest BCUT2D eigenvalue weighted by Crippen LogP contribution is -2.30. The molecule has 0 aliphatic heterocycles. The minimum absolute atomic E-state index is 0.0758. The fourth-order valence-corrected chi connectivity index (χ4v) is 7.95. The third-order valence-corrected chi connectivity index (χ3v) is 12.1. The Balaban J connectivity index is 4.35. The van der Waals surface area contributed by atoms with Gasteiger partial charge < -0.3 is 14.2 Å². The molecule has 0 aliphatic carbocycles. The predicted molar refractivity (Wildman–Crippen MR) is 270 cm³/mol. The van der Waals surface area contributed by atoms with Crippen LogP contribution in [0.1, 0.15) is 290 Å². The van der Waals surface area contributed by atoms with Crippen molar-refractivity contribution in [3.05, 3.63) is 36.5 Å². The van der Waals surface area contributed by atoms with Gasteiger partial charge >= 0.3 is 17.9 Å². The van der Waals surface area contributed by atoms with E-state index >= 15 is 0 Å². The molecule has 1 atom stereocenters. The van der Waals surface area contributed by atoms with Crippen LogP contribution in [-0.2, 0) is 28.6 Å². The van der Waals surface area contributed by atoms with Crippen molar-refractivity contribution in [3.8, 4) is 0 Å².